The third kappa shape index (κ3) is 2.20. The molecule has 2 N–H and O–H groups in total. The van der Waals surface area contributed by atoms with E-state index in [9.17, 15) is 4.79 Å². The first kappa shape index (κ1) is 12.6. The fraction of sp³-hybridized carbons (Fsp3) is 0.300. The van der Waals surface area contributed by atoms with Gasteiger partial charge in [0.05, 0.1) is 7.11 Å². The standard InChI is InChI=1S/C10H11NO4.ClH/c1-13-10(12)9(11)6-2-3-7-8(4-6)15-5-14-7;/h2-4,9H,5,11H2,1H3;1H/t9-;/m0./s1. The van der Waals surface area contributed by atoms with Crippen LogP contribution in [-0.4, -0.2) is 19.9 Å². The van der Waals surface area contributed by atoms with E-state index < -0.39 is 12.0 Å². The average Bonchev–Trinajstić information content (AvgIpc) is 2.73. The van der Waals surface area contributed by atoms with E-state index in [2.05, 4.69) is 4.74 Å². The molecular weight excluding hydrogens is 234 g/mol. The van der Waals surface area contributed by atoms with Crippen LogP contribution in [0.25, 0.3) is 0 Å². The number of methoxy groups -OCH3 is 1. The van der Waals surface area contributed by atoms with Crippen LogP contribution in [0.2, 0.25) is 0 Å². The Morgan fingerprint density at radius 3 is 2.81 bits per heavy atom. The van der Waals surface area contributed by atoms with Gasteiger partial charge in [0.15, 0.2) is 11.5 Å². The summed E-state index contributed by atoms with van der Waals surface area (Å²) in [6.45, 7) is 0.201. The fourth-order valence-corrected chi connectivity index (χ4v) is 1.37. The first-order valence-electron chi connectivity index (χ1n) is 4.45. The van der Waals surface area contributed by atoms with Gasteiger partial charge in [-0.3, -0.25) is 4.79 Å². The van der Waals surface area contributed by atoms with Crippen molar-refractivity contribution in [3.63, 3.8) is 0 Å². The summed E-state index contributed by atoms with van der Waals surface area (Å²) < 4.78 is 14.9. The maximum atomic E-state index is 11.2. The molecule has 1 aromatic carbocycles. The molecule has 0 saturated carbocycles. The van der Waals surface area contributed by atoms with E-state index in [1.165, 1.54) is 7.11 Å². The summed E-state index contributed by atoms with van der Waals surface area (Å²) in [4.78, 5) is 11.2. The SMILES string of the molecule is COC(=O)[C@@H](N)c1ccc2c(c1)OCO2.Cl. The Morgan fingerprint density at radius 2 is 2.12 bits per heavy atom. The van der Waals surface area contributed by atoms with Gasteiger partial charge >= 0.3 is 5.97 Å². The quantitative estimate of drug-likeness (QED) is 0.788. The van der Waals surface area contributed by atoms with Crippen LogP contribution in [0.1, 0.15) is 11.6 Å². The molecule has 1 aromatic rings. The van der Waals surface area contributed by atoms with Crippen LogP contribution in [0.5, 0.6) is 11.5 Å². The van der Waals surface area contributed by atoms with Gasteiger partial charge in [0.2, 0.25) is 6.79 Å². The molecule has 0 spiro atoms. The van der Waals surface area contributed by atoms with Gasteiger partial charge in [0.25, 0.3) is 0 Å². The van der Waals surface area contributed by atoms with Crippen molar-refractivity contribution in [1.82, 2.24) is 0 Å². The molecule has 1 aliphatic heterocycles. The minimum Gasteiger partial charge on any atom is -0.468 e. The first-order valence-corrected chi connectivity index (χ1v) is 4.45. The summed E-state index contributed by atoms with van der Waals surface area (Å²) in [5.41, 5.74) is 6.32. The van der Waals surface area contributed by atoms with Crippen molar-refractivity contribution < 1.29 is 19.0 Å². The maximum Gasteiger partial charge on any atom is 0.327 e. The Labute approximate surface area is 98.9 Å². The minimum atomic E-state index is -0.788. The van der Waals surface area contributed by atoms with E-state index in [4.69, 9.17) is 15.2 Å². The van der Waals surface area contributed by atoms with Gasteiger partial charge in [-0.25, -0.2) is 0 Å². The lowest BCUT2D eigenvalue weighted by molar-refractivity contribution is -0.142. The van der Waals surface area contributed by atoms with Gasteiger partial charge in [-0.1, -0.05) is 6.07 Å². The molecule has 0 amide bonds. The highest BCUT2D eigenvalue weighted by Gasteiger charge is 2.20. The fourth-order valence-electron chi connectivity index (χ4n) is 1.37. The molecule has 1 aliphatic rings. The Kier molecular flexibility index (Phi) is 3.98. The van der Waals surface area contributed by atoms with E-state index in [0.717, 1.165) is 0 Å². The molecule has 0 aliphatic carbocycles. The predicted molar refractivity (Wildman–Crippen MR) is 58.8 cm³/mol. The molecule has 5 nitrogen and oxygen atoms in total. The summed E-state index contributed by atoms with van der Waals surface area (Å²) in [5.74, 6) is 0.788. The zero-order chi connectivity index (χ0) is 10.8. The van der Waals surface area contributed by atoms with Crippen molar-refractivity contribution in [1.29, 1.82) is 0 Å². The largest absolute Gasteiger partial charge is 0.468 e. The van der Waals surface area contributed by atoms with Crippen LogP contribution in [0.3, 0.4) is 0 Å². The summed E-state index contributed by atoms with van der Waals surface area (Å²) in [7, 11) is 1.30. The molecule has 0 fully saturated rings. The normalized spacial score (nSPS) is 13.9. The molecule has 0 saturated heterocycles. The van der Waals surface area contributed by atoms with Gasteiger partial charge in [0, 0.05) is 0 Å². The summed E-state index contributed by atoms with van der Waals surface area (Å²) in [5, 5.41) is 0. The monoisotopic (exact) mass is 245 g/mol. The molecule has 0 bridgehead atoms. The zero-order valence-corrected chi connectivity index (χ0v) is 9.45. The topological polar surface area (TPSA) is 70.8 Å². The Bertz CT molecular complexity index is 396. The Morgan fingerprint density at radius 1 is 1.44 bits per heavy atom. The molecule has 0 aromatic heterocycles. The number of rotatable bonds is 2. The van der Waals surface area contributed by atoms with Gasteiger partial charge < -0.3 is 19.9 Å². The van der Waals surface area contributed by atoms with E-state index >= 15 is 0 Å². The van der Waals surface area contributed by atoms with Crippen LogP contribution >= 0.6 is 12.4 Å². The van der Waals surface area contributed by atoms with Gasteiger partial charge in [0.1, 0.15) is 6.04 Å². The summed E-state index contributed by atoms with van der Waals surface area (Å²) in [6, 6.07) is 4.34. The van der Waals surface area contributed by atoms with Crippen molar-refractivity contribution >= 4 is 18.4 Å². The molecule has 1 heterocycles. The van der Waals surface area contributed by atoms with Crippen molar-refractivity contribution in [3.8, 4) is 11.5 Å². The Balaban J connectivity index is 0.00000128. The number of nitrogens with two attached hydrogens (primary N) is 1. The van der Waals surface area contributed by atoms with Gasteiger partial charge in [-0.05, 0) is 17.7 Å². The number of hydrogen-bond donors (Lipinski definition) is 1. The number of benzene rings is 1. The van der Waals surface area contributed by atoms with E-state index in [-0.39, 0.29) is 19.2 Å². The number of carbonyl (C=O) groups is 1. The van der Waals surface area contributed by atoms with Gasteiger partial charge in [-0.15, -0.1) is 12.4 Å². The van der Waals surface area contributed by atoms with Gasteiger partial charge in [-0.2, -0.15) is 0 Å². The molecule has 6 heteroatoms. The van der Waals surface area contributed by atoms with Crippen LogP contribution < -0.4 is 15.2 Å². The Hall–Kier alpha value is -1.46. The third-order valence-corrected chi connectivity index (χ3v) is 2.21. The van der Waals surface area contributed by atoms with E-state index in [0.29, 0.717) is 17.1 Å². The van der Waals surface area contributed by atoms with Crippen molar-refractivity contribution in [3.05, 3.63) is 23.8 Å². The van der Waals surface area contributed by atoms with Crippen LogP contribution in [0.15, 0.2) is 18.2 Å². The zero-order valence-electron chi connectivity index (χ0n) is 8.64. The average molecular weight is 246 g/mol. The first-order chi connectivity index (χ1) is 7.22. The smallest absolute Gasteiger partial charge is 0.327 e. The highest BCUT2D eigenvalue weighted by molar-refractivity contribution is 5.85. The highest BCUT2D eigenvalue weighted by Crippen LogP contribution is 2.33. The second-order valence-electron chi connectivity index (χ2n) is 3.11. The number of ether oxygens (including phenoxy) is 3. The van der Waals surface area contributed by atoms with Crippen molar-refractivity contribution in [2.45, 2.75) is 6.04 Å². The molecule has 2 rings (SSSR count). The summed E-state index contributed by atoms with van der Waals surface area (Å²) in [6.07, 6.45) is 0. The maximum absolute atomic E-state index is 11.2. The number of halogens is 1. The lowest BCUT2D eigenvalue weighted by Crippen LogP contribution is -2.22. The van der Waals surface area contributed by atoms with Crippen LogP contribution in [0, 0.1) is 0 Å². The highest BCUT2D eigenvalue weighted by atomic mass is 35.5. The molecule has 16 heavy (non-hydrogen) atoms. The minimum absolute atomic E-state index is 0. The third-order valence-electron chi connectivity index (χ3n) is 2.21. The van der Waals surface area contributed by atoms with E-state index in [1.807, 2.05) is 0 Å². The van der Waals surface area contributed by atoms with Crippen molar-refractivity contribution in [2.24, 2.45) is 5.73 Å². The second-order valence-corrected chi connectivity index (χ2v) is 3.11. The number of esters is 1. The summed E-state index contributed by atoms with van der Waals surface area (Å²) >= 11 is 0. The molecule has 88 valence electrons. The molecule has 0 radical (unpaired) electrons. The van der Waals surface area contributed by atoms with Crippen LogP contribution in [-0.2, 0) is 9.53 Å². The van der Waals surface area contributed by atoms with Crippen molar-refractivity contribution in [2.75, 3.05) is 13.9 Å². The second kappa shape index (κ2) is 5.05. The van der Waals surface area contributed by atoms with E-state index in [1.54, 1.807) is 18.2 Å². The van der Waals surface area contributed by atoms with Crippen LogP contribution in [0.4, 0.5) is 0 Å². The predicted octanol–water partition coefficient (Wildman–Crippen LogP) is 1.01. The molecule has 1 atom stereocenters. The number of hydrogen-bond acceptors (Lipinski definition) is 5. The number of fused-ring (bicyclic) bond motifs is 1. The lowest BCUT2D eigenvalue weighted by Gasteiger charge is -2.09. The molecule has 0 unspecified atom stereocenters. The number of carbonyl (C=O) groups excluding carboxylic acids is 1. The molecular formula is C10H12ClNO4. The lowest BCUT2D eigenvalue weighted by atomic mass is 10.1.